The van der Waals surface area contributed by atoms with Crippen LogP contribution in [0, 0.1) is 10.1 Å². The van der Waals surface area contributed by atoms with E-state index in [1.165, 1.54) is 19.2 Å². The molecule has 2 aromatic heterocycles. The zero-order valence-corrected chi connectivity index (χ0v) is 21.0. The van der Waals surface area contributed by atoms with E-state index in [-0.39, 0.29) is 17.8 Å². The summed E-state index contributed by atoms with van der Waals surface area (Å²) >= 11 is 5.77. The Morgan fingerprint density at radius 2 is 1.95 bits per heavy atom. The Balaban J connectivity index is 1.57. The molecule has 4 aromatic rings. The second kappa shape index (κ2) is 10.3. The zero-order chi connectivity index (χ0) is 25.9. The first-order valence-electron chi connectivity index (χ1n) is 11.7. The molecule has 1 N–H and O–H groups in total. The molecule has 1 fully saturated rings. The number of pyridine rings is 1. The van der Waals surface area contributed by atoms with Crippen molar-refractivity contribution < 1.29 is 18.8 Å². The van der Waals surface area contributed by atoms with E-state index in [2.05, 4.69) is 10.3 Å². The number of aromatic nitrogens is 1. The average molecular weight is 517 g/mol. The predicted octanol–water partition coefficient (Wildman–Crippen LogP) is 5.83. The summed E-state index contributed by atoms with van der Waals surface area (Å²) in [5.74, 6) is 2.28. The molecule has 5 rings (SSSR count). The fourth-order valence-electron chi connectivity index (χ4n) is 4.45. The van der Waals surface area contributed by atoms with Gasteiger partial charge in [0.05, 0.1) is 42.0 Å². The molecule has 1 saturated heterocycles. The van der Waals surface area contributed by atoms with Crippen molar-refractivity contribution in [3.05, 3.63) is 101 Å². The summed E-state index contributed by atoms with van der Waals surface area (Å²) < 4.78 is 17.4. The Morgan fingerprint density at radius 3 is 2.62 bits per heavy atom. The lowest BCUT2D eigenvalue weighted by molar-refractivity contribution is -0.384. The molecule has 0 spiro atoms. The zero-order valence-electron chi connectivity index (χ0n) is 20.2. The number of furan rings is 1. The molecule has 9 nitrogen and oxygen atoms in total. The number of hydrogen-bond acceptors (Lipinski definition) is 7. The number of rotatable bonds is 8. The lowest BCUT2D eigenvalue weighted by Gasteiger charge is -2.26. The number of nitro groups is 1. The molecule has 0 aliphatic carbocycles. The molecule has 188 valence electrons. The molecule has 0 saturated carbocycles. The highest BCUT2D eigenvalue weighted by Gasteiger charge is 2.42. The highest BCUT2D eigenvalue weighted by Crippen LogP contribution is 2.44. The van der Waals surface area contributed by atoms with Crippen molar-refractivity contribution in [2.24, 2.45) is 0 Å². The number of benzene rings is 2. The first kappa shape index (κ1) is 24.3. The van der Waals surface area contributed by atoms with Crippen molar-refractivity contribution in [2.45, 2.75) is 19.0 Å². The van der Waals surface area contributed by atoms with Crippen LogP contribution in [0.5, 0.6) is 11.5 Å². The van der Waals surface area contributed by atoms with Crippen molar-refractivity contribution in [3.8, 4) is 22.8 Å². The lowest BCUT2D eigenvalue weighted by atomic mass is 10.0. The number of nitrogens with one attached hydrogen (secondary N) is 1. The second-order valence-electron chi connectivity index (χ2n) is 8.27. The van der Waals surface area contributed by atoms with E-state index in [0.29, 0.717) is 34.6 Å². The Bertz CT molecular complexity index is 1420. The fraction of sp³-hybridized carbons (Fsp3) is 0.185. The Kier molecular flexibility index (Phi) is 6.74. The van der Waals surface area contributed by atoms with Crippen LogP contribution in [0.15, 0.2) is 83.4 Å². The summed E-state index contributed by atoms with van der Waals surface area (Å²) in [7, 11) is 1.47. The van der Waals surface area contributed by atoms with Crippen LogP contribution in [0.25, 0.3) is 11.3 Å². The molecular weight excluding hydrogens is 492 g/mol. The van der Waals surface area contributed by atoms with Gasteiger partial charge in [0, 0.05) is 18.0 Å². The topological polar surface area (TPSA) is 103 Å². The first-order valence-corrected chi connectivity index (χ1v) is 12.1. The number of methoxy groups -OCH3 is 1. The van der Waals surface area contributed by atoms with Crippen LogP contribution in [0.4, 0.5) is 11.4 Å². The summed E-state index contributed by atoms with van der Waals surface area (Å²) in [6.45, 7) is 2.52. The third-order valence-electron chi connectivity index (χ3n) is 6.10. The monoisotopic (exact) mass is 516 g/mol. The molecule has 1 aliphatic rings. The number of nitro benzene ring substituents is 1. The Labute approximate surface area is 218 Å². The van der Waals surface area contributed by atoms with E-state index < -0.39 is 4.92 Å². The SMILES string of the molecule is CCOc1ccc(N2C(=S)N[C@H](c3ccccn3)[C@H]2c2ccc(-c3ccc([N+](=O)[O-])cc3OC)o2)cc1. The maximum absolute atomic E-state index is 11.2. The van der Waals surface area contributed by atoms with Crippen LogP contribution in [-0.4, -0.2) is 28.7 Å². The van der Waals surface area contributed by atoms with E-state index in [4.69, 9.17) is 26.1 Å². The van der Waals surface area contributed by atoms with E-state index in [0.717, 1.165) is 17.1 Å². The van der Waals surface area contributed by atoms with Crippen LogP contribution >= 0.6 is 12.2 Å². The van der Waals surface area contributed by atoms with Gasteiger partial charge in [0.25, 0.3) is 5.69 Å². The van der Waals surface area contributed by atoms with Gasteiger partial charge in [0.2, 0.25) is 0 Å². The van der Waals surface area contributed by atoms with Crippen molar-refractivity contribution >= 4 is 28.7 Å². The summed E-state index contributed by atoms with van der Waals surface area (Å²) in [5.41, 5.74) is 2.23. The molecule has 2 aromatic carbocycles. The van der Waals surface area contributed by atoms with Crippen LogP contribution in [0.1, 0.15) is 30.5 Å². The molecule has 1 aliphatic heterocycles. The predicted molar refractivity (Wildman–Crippen MR) is 143 cm³/mol. The third kappa shape index (κ3) is 4.70. The Morgan fingerprint density at radius 1 is 1.14 bits per heavy atom. The highest BCUT2D eigenvalue weighted by atomic mass is 32.1. The fourth-order valence-corrected chi connectivity index (χ4v) is 4.79. The van der Waals surface area contributed by atoms with Crippen LogP contribution in [-0.2, 0) is 0 Å². The van der Waals surface area contributed by atoms with Gasteiger partial charge in [0.1, 0.15) is 29.1 Å². The quantitative estimate of drug-likeness (QED) is 0.176. The largest absolute Gasteiger partial charge is 0.496 e. The van der Waals surface area contributed by atoms with Gasteiger partial charge in [-0.25, -0.2) is 0 Å². The number of nitrogens with zero attached hydrogens (tertiary/aromatic N) is 3. The summed E-state index contributed by atoms with van der Waals surface area (Å²) in [5, 5.41) is 15.2. The van der Waals surface area contributed by atoms with Gasteiger partial charge in [-0.05, 0) is 73.7 Å². The average Bonchev–Trinajstić information content (AvgIpc) is 3.54. The molecule has 10 heteroatoms. The first-order chi connectivity index (χ1) is 18.0. The number of thiocarbonyl (C=S) groups is 1. The van der Waals surface area contributed by atoms with Gasteiger partial charge in [-0.3, -0.25) is 15.1 Å². The normalized spacial score (nSPS) is 16.9. The number of non-ortho nitro benzene ring substituents is 1. The minimum Gasteiger partial charge on any atom is -0.496 e. The van der Waals surface area contributed by atoms with Gasteiger partial charge >= 0.3 is 0 Å². The highest BCUT2D eigenvalue weighted by molar-refractivity contribution is 7.80. The van der Waals surface area contributed by atoms with E-state index in [9.17, 15) is 10.1 Å². The molecule has 0 unspecified atom stereocenters. The smallest absolute Gasteiger partial charge is 0.273 e. The lowest BCUT2D eigenvalue weighted by Crippen LogP contribution is -2.29. The van der Waals surface area contributed by atoms with E-state index >= 15 is 0 Å². The molecule has 37 heavy (non-hydrogen) atoms. The van der Waals surface area contributed by atoms with E-state index in [1.807, 2.05) is 66.4 Å². The van der Waals surface area contributed by atoms with Crippen LogP contribution in [0.3, 0.4) is 0 Å². The van der Waals surface area contributed by atoms with Gasteiger partial charge in [0.15, 0.2) is 5.11 Å². The minimum atomic E-state index is -0.461. The molecule has 2 atom stereocenters. The minimum absolute atomic E-state index is 0.0605. The van der Waals surface area contributed by atoms with Gasteiger partial charge in [-0.1, -0.05) is 6.07 Å². The number of anilines is 1. The summed E-state index contributed by atoms with van der Waals surface area (Å²) in [4.78, 5) is 17.3. The maximum atomic E-state index is 11.2. The second-order valence-corrected chi connectivity index (χ2v) is 8.65. The van der Waals surface area contributed by atoms with Gasteiger partial charge in [-0.15, -0.1) is 0 Å². The summed E-state index contributed by atoms with van der Waals surface area (Å²) in [6.07, 6.45) is 1.74. The standard InChI is InChI=1S/C27H24N4O5S/c1-3-35-19-10-7-17(8-11-19)30-26(25(29-27(30)37)21-6-4-5-15-28-21)23-14-13-22(36-23)20-12-9-18(31(32)33)16-24(20)34-2/h4-16,25-26H,3H2,1-2H3,(H,29,37)/t25-,26-/m1/s1. The molecule has 0 bridgehead atoms. The molecule has 3 heterocycles. The molecule has 0 radical (unpaired) electrons. The number of hydrogen-bond donors (Lipinski definition) is 1. The third-order valence-corrected chi connectivity index (χ3v) is 6.42. The van der Waals surface area contributed by atoms with Crippen molar-refractivity contribution in [1.82, 2.24) is 10.3 Å². The van der Waals surface area contributed by atoms with Gasteiger partial charge in [-0.2, -0.15) is 0 Å². The number of ether oxygens (including phenoxy) is 2. The summed E-state index contributed by atoms with van der Waals surface area (Å²) in [6, 6.07) is 21.0. The van der Waals surface area contributed by atoms with E-state index in [1.54, 1.807) is 12.3 Å². The van der Waals surface area contributed by atoms with Crippen molar-refractivity contribution in [2.75, 3.05) is 18.6 Å². The molecular formula is C27H24N4O5S. The van der Waals surface area contributed by atoms with Crippen molar-refractivity contribution in [1.29, 1.82) is 0 Å². The van der Waals surface area contributed by atoms with Crippen molar-refractivity contribution in [3.63, 3.8) is 0 Å². The van der Waals surface area contributed by atoms with Crippen LogP contribution in [0.2, 0.25) is 0 Å². The molecule has 0 amide bonds. The Hall–Kier alpha value is -4.44. The van der Waals surface area contributed by atoms with Gasteiger partial charge < -0.3 is 24.1 Å². The van der Waals surface area contributed by atoms with Crippen LogP contribution < -0.4 is 19.7 Å². The maximum Gasteiger partial charge on any atom is 0.273 e.